The van der Waals surface area contributed by atoms with E-state index in [1.54, 1.807) is 10.7 Å². The van der Waals surface area contributed by atoms with Gasteiger partial charge in [-0.25, -0.2) is 17.6 Å². The van der Waals surface area contributed by atoms with Crippen LogP contribution >= 0.6 is 0 Å². The van der Waals surface area contributed by atoms with Crippen molar-refractivity contribution >= 4 is 5.91 Å². The van der Waals surface area contributed by atoms with Crippen molar-refractivity contribution in [1.29, 1.82) is 0 Å². The van der Waals surface area contributed by atoms with Crippen LogP contribution in [0.1, 0.15) is 28.2 Å². The van der Waals surface area contributed by atoms with Crippen LogP contribution in [-0.4, -0.2) is 15.7 Å². The highest BCUT2D eigenvalue weighted by molar-refractivity contribution is 5.94. The van der Waals surface area contributed by atoms with E-state index in [1.165, 1.54) is 0 Å². The number of carbonyl (C=O) groups is 1. The molecule has 2 aromatic rings. The zero-order chi connectivity index (χ0) is 15.9. The Labute approximate surface area is 122 Å². The molecule has 3 rings (SSSR count). The molecule has 0 atom stereocenters. The van der Waals surface area contributed by atoms with Crippen LogP contribution in [0.2, 0.25) is 0 Å². The fourth-order valence-corrected chi connectivity index (χ4v) is 2.41. The van der Waals surface area contributed by atoms with E-state index >= 15 is 0 Å². The van der Waals surface area contributed by atoms with Gasteiger partial charge in [0.2, 0.25) is 0 Å². The molecule has 1 aromatic carbocycles. The Morgan fingerprint density at radius 3 is 2.68 bits per heavy atom. The van der Waals surface area contributed by atoms with Gasteiger partial charge in [0, 0.05) is 12.2 Å². The number of halogens is 4. The van der Waals surface area contributed by atoms with Gasteiger partial charge in [0.15, 0.2) is 23.3 Å². The number of carbonyl (C=O) groups excluding carboxylic acids is 1. The number of amides is 1. The van der Waals surface area contributed by atoms with Crippen LogP contribution in [0.15, 0.2) is 12.1 Å². The molecule has 0 unspecified atom stereocenters. The molecule has 4 nitrogen and oxygen atoms in total. The summed E-state index contributed by atoms with van der Waals surface area (Å²) in [6.45, 7) is 0.783. The maximum Gasteiger partial charge on any atom is 0.254 e. The Morgan fingerprint density at radius 2 is 1.95 bits per heavy atom. The number of fused-ring (bicyclic) bond motifs is 1. The summed E-state index contributed by atoms with van der Waals surface area (Å²) >= 11 is 0. The Morgan fingerprint density at radius 1 is 1.18 bits per heavy atom. The summed E-state index contributed by atoms with van der Waals surface area (Å²) < 4.78 is 54.3. The van der Waals surface area contributed by atoms with Crippen molar-refractivity contribution in [1.82, 2.24) is 15.1 Å². The highest BCUT2D eigenvalue weighted by Crippen LogP contribution is 2.19. The summed E-state index contributed by atoms with van der Waals surface area (Å²) in [7, 11) is 0. The topological polar surface area (TPSA) is 46.9 Å². The van der Waals surface area contributed by atoms with Crippen LogP contribution in [0.25, 0.3) is 0 Å². The average molecular weight is 313 g/mol. The van der Waals surface area contributed by atoms with Crippen LogP contribution < -0.4 is 5.32 Å². The van der Waals surface area contributed by atoms with E-state index < -0.39 is 34.7 Å². The van der Waals surface area contributed by atoms with Crippen molar-refractivity contribution in [2.24, 2.45) is 0 Å². The molecule has 1 aliphatic heterocycles. The molecule has 1 aromatic heterocycles. The van der Waals surface area contributed by atoms with Crippen molar-refractivity contribution in [3.63, 3.8) is 0 Å². The number of hydrogen-bond donors (Lipinski definition) is 1. The molecule has 116 valence electrons. The number of aromatic nitrogens is 2. The second-order valence-corrected chi connectivity index (χ2v) is 4.98. The van der Waals surface area contributed by atoms with E-state index in [1.807, 2.05) is 0 Å². The first-order chi connectivity index (χ1) is 10.5. The number of aryl methyl sites for hydroxylation is 2. The van der Waals surface area contributed by atoms with Crippen molar-refractivity contribution in [2.75, 3.05) is 0 Å². The van der Waals surface area contributed by atoms with Crippen LogP contribution in [0.3, 0.4) is 0 Å². The lowest BCUT2D eigenvalue weighted by atomic mass is 10.1. The van der Waals surface area contributed by atoms with Crippen molar-refractivity contribution in [2.45, 2.75) is 25.9 Å². The maximum atomic E-state index is 13.5. The van der Waals surface area contributed by atoms with E-state index in [2.05, 4.69) is 10.4 Å². The smallest absolute Gasteiger partial charge is 0.254 e. The van der Waals surface area contributed by atoms with E-state index in [4.69, 9.17) is 0 Å². The van der Waals surface area contributed by atoms with Gasteiger partial charge in [-0.05, 0) is 25.0 Å². The van der Waals surface area contributed by atoms with E-state index in [0.29, 0.717) is 11.8 Å². The molecular formula is C14H11F4N3O. The molecule has 1 aliphatic rings. The first kappa shape index (κ1) is 14.6. The first-order valence-corrected chi connectivity index (χ1v) is 6.64. The lowest BCUT2D eigenvalue weighted by Gasteiger charge is -2.06. The standard InChI is InChI=1S/C14H11F4N3O/c15-10-5-9(11(16)13(18)12(10)17)14(22)19-6-7-4-8-2-1-3-21(8)20-7/h4-5H,1-3,6H2,(H,19,22). The van der Waals surface area contributed by atoms with Gasteiger partial charge in [-0.1, -0.05) is 0 Å². The van der Waals surface area contributed by atoms with E-state index in [0.717, 1.165) is 25.1 Å². The molecular weight excluding hydrogens is 302 g/mol. The summed E-state index contributed by atoms with van der Waals surface area (Å²) in [5, 5.41) is 6.54. The van der Waals surface area contributed by atoms with Gasteiger partial charge in [0.05, 0.1) is 17.8 Å². The minimum atomic E-state index is -2.01. The normalized spacial score (nSPS) is 13.3. The molecule has 0 aliphatic carbocycles. The van der Waals surface area contributed by atoms with Crippen LogP contribution in [0, 0.1) is 23.3 Å². The second-order valence-electron chi connectivity index (χ2n) is 4.98. The van der Waals surface area contributed by atoms with Gasteiger partial charge >= 0.3 is 0 Å². The van der Waals surface area contributed by atoms with Crippen LogP contribution in [-0.2, 0) is 19.5 Å². The Balaban J connectivity index is 1.74. The number of benzene rings is 1. The zero-order valence-corrected chi connectivity index (χ0v) is 11.3. The van der Waals surface area contributed by atoms with Gasteiger partial charge in [-0.2, -0.15) is 5.10 Å². The summed E-state index contributed by atoms with van der Waals surface area (Å²) in [5.74, 6) is -8.33. The lowest BCUT2D eigenvalue weighted by molar-refractivity contribution is 0.0944. The quantitative estimate of drug-likeness (QED) is 0.537. The van der Waals surface area contributed by atoms with Gasteiger partial charge in [0.1, 0.15) is 0 Å². The van der Waals surface area contributed by atoms with E-state index in [9.17, 15) is 22.4 Å². The summed E-state index contributed by atoms with van der Waals surface area (Å²) in [5.41, 5.74) is 0.712. The molecule has 0 spiro atoms. The Kier molecular flexibility index (Phi) is 3.59. The Bertz CT molecular complexity index is 736. The van der Waals surface area contributed by atoms with Crippen molar-refractivity contribution in [3.05, 3.63) is 52.4 Å². The summed E-state index contributed by atoms with van der Waals surface area (Å²) in [6, 6.07) is 2.13. The molecule has 1 amide bonds. The largest absolute Gasteiger partial charge is 0.346 e. The number of nitrogens with zero attached hydrogens (tertiary/aromatic N) is 2. The molecule has 8 heteroatoms. The molecule has 0 fully saturated rings. The van der Waals surface area contributed by atoms with Gasteiger partial charge in [0.25, 0.3) is 5.91 Å². The Hall–Kier alpha value is -2.38. The zero-order valence-electron chi connectivity index (χ0n) is 11.3. The summed E-state index contributed by atoms with van der Waals surface area (Å²) in [6.07, 6.45) is 1.90. The highest BCUT2D eigenvalue weighted by Gasteiger charge is 2.23. The van der Waals surface area contributed by atoms with Crippen molar-refractivity contribution < 1.29 is 22.4 Å². The molecule has 1 N–H and O–H groups in total. The summed E-state index contributed by atoms with van der Waals surface area (Å²) in [4.78, 5) is 11.8. The third-order valence-corrected chi connectivity index (χ3v) is 3.49. The third kappa shape index (κ3) is 2.44. The fourth-order valence-electron chi connectivity index (χ4n) is 2.41. The second kappa shape index (κ2) is 5.43. The minimum Gasteiger partial charge on any atom is -0.346 e. The fraction of sp³-hybridized carbons (Fsp3) is 0.286. The van der Waals surface area contributed by atoms with Crippen LogP contribution in [0.5, 0.6) is 0 Å². The minimum absolute atomic E-state index is 0.0150. The molecule has 0 saturated heterocycles. The van der Waals surface area contributed by atoms with Crippen molar-refractivity contribution in [3.8, 4) is 0 Å². The lowest BCUT2D eigenvalue weighted by Crippen LogP contribution is -2.25. The predicted molar refractivity (Wildman–Crippen MR) is 68.0 cm³/mol. The van der Waals surface area contributed by atoms with Gasteiger partial charge in [-0.3, -0.25) is 9.48 Å². The highest BCUT2D eigenvalue weighted by atomic mass is 19.2. The first-order valence-electron chi connectivity index (χ1n) is 6.64. The van der Waals surface area contributed by atoms with Crippen LogP contribution in [0.4, 0.5) is 17.6 Å². The molecule has 0 radical (unpaired) electrons. The molecule has 0 saturated carbocycles. The SMILES string of the molecule is O=C(NCc1cc2n(n1)CCC2)c1cc(F)c(F)c(F)c1F. The van der Waals surface area contributed by atoms with E-state index in [-0.39, 0.29) is 6.54 Å². The van der Waals surface area contributed by atoms with Gasteiger partial charge in [-0.15, -0.1) is 0 Å². The average Bonchev–Trinajstić information content (AvgIpc) is 3.07. The number of hydrogen-bond acceptors (Lipinski definition) is 2. The van der Waals surface area contributed by atoms with Gasteiger partial charge < -0.3 is 5.32 Å². The molecule has 2 heterocycles. The molecule has 22 heavy (non-hydrogen) atoms. The number of nitrogens with one attached hydrogen (secondary N) is 1. The molecule has 0 bridgehead atoms. The maximum absolute atomic E-state index is 13.5. The third-order valence-electron chi connectivity index (χ3n) is 3.49. The monoisotopic (exact) mass is 313 g/mol. The number of rotatable bonds is 3. The predicted octanol–water partition coefficient (Wildman–Crippen LogP) is 2.32.